The molecule has 1 saturated heterocycles. The summed E-state index contributed by atoms with van der Waals surface area (Å²) < 4.78 is 0. The van der Waals surface area contributed by atoms with E-state index in [-0.39, 0.29) is 0 Å². The summed E-state index contributed by atoms with van der Waals surface area (Å²) in [6, 6.07) is 8.68. The van der Waals surface area contributed by atoms with Crippen LogP contribution in [-0.4, -0.2) is 42.7 Å². The lowest BCUT2D eigenvalue weighted by atomic mass is 10.1. The van der Waals surface area contributed by atoms with Crippen LogP contribution in [0.3, 0.4) is 0 Å². The van der Waals surface area contributed by atoms with Crippen LogP contribution in [0.4, 0.5) is 0 Å². The molecule has 0 bridgehead atoms. The zero-order chi connectivity index (χ0) is 15.2. The van der Waals surface area contributed by atoms with Crippen LogP contribution in [0.1, 0.15) is 18.1 Å². The Morgan fingerprint density at radius 2 is 2.00 bits per heavy atom. The van der Waals surface area contributed by atoms with Crippen LogP contribution in [-0.2, 0) is 6.54 Å². The van der Waals surface area contributed by atoms with Gasteiger partial charge in [0.25, 0.3) is 0 Å². The number of nitrogens with zero attached hydrogens (tertiary/aromatic N) is 1. The minimum Gasteiger partial charge on any atom is -0.359 e. The summed E-state index contributed by atoms with van der Waals surface area (Å²) in [7, 11) is 0. The molecule has 0 atom stereocenters. The van der Waals surface area contributed by atoms with Crippen LogP contribution < -0.4 is 10.2 Å². The third-order valence-corrected chi connectivity index (χ3v) is 4.40. The van der Waals surface area contributed by atoms with Gasteiger partial charge in [0.15, 0.2) is 5.11 Å². The molecule has 1 aliphatic rings. The second kappa shape index (κ2) is 7.57. The van der Waals surface area contributed by atoms with Crippen LogP contribution in [0.5, 0.6) is 0 Å². The minimum absolute atomic E-state index is 0.773. The number of benzene rings is 1. The third kappa shape index (κ3) is 4.83. The molecule has 0 radical (unpaired) electrons. The van der Waals surface area contributed by atoms with Gasteiger partial charge in [0.05, 0.1) is 26.2 Å². The molecule has 0 aromatic heterocycles. The fourth-order valence-corrected chi connectivity index (χ4v) is 2.87. The zero-order valence-electron chi connectivity index (χ0n) is 13.1. The van der Waals surface area contributed by atoms with Crippen LogP contribution in [0, 0.1) is 6.92 Å². The first-order valence-electron chi connectivity index (χ1n) is 7.61. The second-order valence-corrected chi connectivity index (χ2v) is 6.34. The number of quaternary nitrogens is 1. The van der Waals surface area contributed by atoms with Crippen molar-refractivity contribution in [3.63, 3.8) is 0 Å². The SMILES string of the molecule is C=C(C)CNC(=S)N1CC[NH+](Cc2ccccc2C)CC1. The number of nitrogens with one attached hydrogen (secondary N) is 2. The van der Waals surface area contributed by atoms with Gasteiger partial charge in [-0.3, -0.25) is 0 Å². The topological polar surface area (TPSA) is 19.7 Å². The summed E-state index contributed by atoms with van der Waals surface area (Å²) in [6.45, 7) is 14.3. The summed E-state index contributed by atoms with van der Waals surface area (Å²) in [6.07, 6.45) is 0. The molecule has 1 aromatic rings. The predicted molar refractivity (Wildman–Crippen MR) is 92.6 cm³/mol. The van der Waals surface area contributed by atoms with Crippen LogP contribution in [0.25, 0.3) is 0 Å². The molecule has 1 aromatic carbocycles. The summed E-state index contributed by atoms with van der Waals surface area (Å²) in [5.74, 6) is 0. The van der Waals surface area contributed by atoms with Gasteiger partial charge in [-0.15, -0.1) is 0 Å². The van der Waals surface area contributed by atoms with E-state index in [1.165, 1.54) is 11.1 Å². The van der Waals surface area contributed by atoms with Gasteiger partial charge >= 0.3 is 0 Å². The Hall–Kier alpha value is -1.39. The van der Waals surface area contributed by atoms with Gasteiger partial charge in [-0.25, -0.2) is 0 Å². The van der Waals surface area contributed by atoms with Crippen molar-refractivity contribution in [2.45, 2.75) is 20.4 Å². The lowest BCUT2D eigenvalue weighted by molar-refractivity contribution is -0.917. The monoisotopic (exact) mass is 304 g/mol. The van der Waals surface area contributed by atoms with E-state index in [2.05, 4.69) is 48.0 Å². The molecule has 114 valence electrons. The molecular weight excluding hydrogens is 278 g/mol. The Morgan fingerprint density at radius 1 is 1.33 bits per heavy atom. The lowest BCUT2D eigenvalue weighted by Gasteiger charge is -2.34. The first kappa shape index (κ1) is 16.0. The van der Waals surface area contributed by atoms with Gasteiger partial charge in [0, 0.05) is 12.1 Å². The van der Waals surface area contributed by atoms with Gasteiger partial charge in [-0.2, -0.15) is 0 Å². The molecule has 0 amide bonds. The largest absolute Gasteiger partial charge is 0.359 e. The highest BCUT2D eigenvalue weighted by Crippen LogP contribution is 2.05. The molecule has 1 heterocycles. The quantitative estimate of drug-likeness (QED) is 0.643. The Labute approximate surface area is 133 Å². The maximum absolute atomic E-state index is 5.45. The standard InChI is InChI=1S/C17H25N3S/c1-14(2)12-18-17(21)20-10-8-19(9-11-20)13-16-7-5-4-6-15(16)3/h4-7H,1,8-13H2,2-3H3,(H,18,21)/p+1. The van der Waals surface area contributed by atoms with Crippen LogP contribution in [0.2, 0.25) is 0 Å². The van der Waals surface area contributed by atoms with Crippen molar-refractivity contribution in [1.29, 1.82) is 0 Å². The molecule has 0 unspecified atom stereocenters. The van der Waals surface area contributed by atoms with Crippen molar-refractivity contribution >= 4 is 17.3 Å². The summed E-state index contributed by atoms with van der Waals surface area (Å²) >= 11 is 5.45. The maximum atomic E-state index is 5.45. The molecule has 1 fully saturated rings. The van der Waals surface area contributed by atoms with Gasteiger partial charge in [0.2, 0.25) is 0 Å². The molecule has 4 heteroatoms. The highest BCUT2D eigenvalue weighted by Gasteiger charge is 2.21. The summed E-state index contributed by atoms with van der Waals surface area (Å²) in [5, 5.41) is 4.14. The fourth-order valence-electron chi connectivity index (χ4n) is 2.62. The van der Waals surface area contributed by atoms with Gasteiger partial charge in [-0.1, -0.05) is 36.4 Å². The van der Waals surface area contributed by atoms with Crippen molar-refractivity contribution in [1.82, 2.24) is 10.2 Å². The molecule has 2 rings (SSSR count). The normalized spacial score (nSPS) is 15.8. The number of hydrogen-bond donors (Lipinski definition) is 2. The molecule has 2 N–H and O–H groups in total. The van der Waals surface area contributed by atoms with E-state index in [1.54, 1.807) is 4.90 Å². The Kier molecular flexibility index (Phi) is 5.76. The molecule has 21 heavy (non-hydrogen) atoms. The Balaban J connectivity index is 1.79. The van der Waals surface area contributed by atoms with Crippen molar-refractivity contribution in [2.24, 2.45) is 0 Å². The van der Waals surface area contributed by atoms with E-state index in [4.69, 9.17) is 12.2 Å². The van der Waals surface area contributed by atoms with E-state index in [0.29, 0.717) is 0 Å². The van der Waals surface area contributed by atoms with E-state index in [0.717, 1.165) is 50.0 Å². The van der Waals surface area contributed by atoms with Crippen molar-refractivity contribution < 1.29 is 4.90 Å². The van der Waals surface area contributed by atoms with E-state index in [9.17, 15) is 0 Å². The van der Waals surface area contributed by atoms with Gasteiger partial charge < -0.3 is 15.1 Å². The van der Waals surface area contributed by atoms with Gasteiger partial charge in [-0.05, 0) is 31.6 Å². The number of thiocarbonyl (C=S) groups is 1. The van der Waals surface area contributed by atoms with Crippen LogP contribution >= 0.6 is 12.2 Å². The number of aryl methyl sites for hydroxylation is 1. The average molecular weight is 304 g/mol. The third-order valence-electron chi connectivity index (χ3n) is 4.00. The van der Waals surface area contributed by atoms with E-state index < -0.39 is 0 Å². The molecule has 1 aliphatic heterocycles. The first-order valence-corrected chi connectivity index (χ1v) is 8.02. The zero-order valence-corrected chi connectivity index (χ0v) is 13.9. The predicted octanol–water partition coefficient (Wildman–Crippen LogP) is 1.15. The summed E-state index contributed by atoms with van der Waals surface area (Å²) in [5.41, 5.74) is 3.97. The minimum atomic E-state index is 0.773. The van der Waals surface area contributed by atoms with Crippen LogP contribution in [0.15, 0.2) is 36.4 Å². The maximum Gasteiger partial charge on any atom is 0.169 e. The second-order valence-electron chi connectivity index (χ2n) is 5.96. The van der Waals surface area contributed by atoms with Crippen molar-refractivity contribution in [3.05, 3.63) is 47.5 Å². The molecule has 0 spiro atoms. The van der Waals surface area contributed by atoms with Crippen molar-refractivity contribution in [2.75, 3.05) is 32.7 Å². The molecule has 0 aliphatic carbocycles. The van der Waals surface area contributed by atoms with E-state index >= 15 is 0 Å². The van der Waals surface area contributed by atoms with Crippen molar-refractivity contribution in [3.8, 4) is 0 Å². The Morgan fingerprint density at radius 3 is 2.62 bits per heavy atom. The molecular formula is C17H26N3S+. The Bertz CT molecular complexity index is 505. The van der Waals surface area contributed by atoms with E-state index in [1.807, 2.05) is 6.92 Å². The van der Waals surface area contributed by atoms with Gasteiger partial charge in [0.1, 0.15) is 6.54 Å². The highest BCUT2D eigenvalue weighted by molar-refractivity contribution is 7.80. The number of hydrogen-bond acceptors (Lipinski definition) is 1. The summed E-state index contributed by atoms with van der Waals surface area (Å²) in [4.78, 5) is 3.92. The smallest absolute Gasteiger partial charge is 0.169 e. The number of rotatable bonds is 4. The number of piperazine rings is 1. The lowest BCUT2D eigenvalue weighted by Crippen LogP contribution is -3.13. The first-order chi connectivity index (χ1) is 10.1. The fraction of sp³-hybridized carbons (Fsp3) is 0.471. The highest BCUT2D eigenvalue weighted by atomic mass is 32.1. The molecule has 0 saturated carbocycles. The molecule has 3 nitrogen and oxygen atoms in total. The average Bonchev–Trinajstić information content (AvgIpc) is 2.48.